The number of amidine groups is 1. The van der Waals surface area contributed by atoms with Crippen LogP contribution in [0.3, 0.4) is 0 Å². The molecule has 0 unspecified atom stereocenters. The summed E-state index contributed by atoms with van der Waals surface area (Å²) in [4.78, 5) is 6.01. The molecule has 0 saturated heterocycles. The second-order valence-electron chi connectivity index (χ2n) is 20.4. The van der Waals surface area contributed by atoms with E-state index in [1.165, 1.54) is 0 Å². The minimum Gasteiger partial charge on any atom is -0.507 e. The van der Waals surface area contributed by atoms with Crippen molar-refractivity contribution in [2.24, 2.45) is 0 Å². The van der Waals surface area contributed by atoms with Crippen molar-refractivity contribution in [3.8, 4) is 61.5 Å². The van der Waals surface area contributed by atoms with E-state index < -0.39 is 78.2 Å². The molecular formula is C65H67N3OPt. The Morgan fingerprint density at radius 2 is 1.33 bits per heavy atom. The van der Waals surface area contributed by atoms with Crippen molar-refractivity contribution in [1.82, 2.24) is 4.98 Å². The van der Waals surface area contributed by atoms with Crippen LogP contribution in [0, 0.1) is 26.7 Å². The Labute approximate surface area is 451 Å². The van der Waals surface area contributed by atoms with E-state index >= 15 is 0 Å². The van der Waals surface area contributed by atoms with Gasteiger partial charge in [-0.15, -0.1) is 29.3 Å². The first-order chi connectivity index (χ1) is 38.0. The van der Waals surface area contributed by atoms with Crippen molar-refractivity contribution in [3.05, 3.63) is 208 Å². The van der Waals surface area contributed by atoms with E-state index in [1.54, 1.807) is 35.2 Å². The fourth-order valence-corrected chi connectivity index (χ4v) is 8.55. The summed E-state index contributed by atoms with van der Waals surface area (Å²) in [5, 5.41) is 25.8. The molecule has 0 fully saturated rings. The topological polar surface area (TPSA) is 58.7 Å². The third-order valence-electron chi connectivity index (χ3n) is 12.7. The van der Waals surface area contributed by atoms with Crippen LogP contribution in [0.2, 0.25) is 0 Å². The Hall–Kier alpha value is -6.35. The maximum absolute atomic E-state index is 13.4. The fourth-order valence-electron chi connectivity index (χ4n) is 8.55. The van der Waals surface area contributed by atoms with Gasteiger partial charge in [-0.1, -0.05) is 207 Å². The van der Waals surface area contributed by atoms with E-state index in [4.69, 9.17) is 16.4 Å². The van der Waals surface area contributed by atoms with Gasteiger partial charge in [-0.25, -0.2) is 0 Å². The van der Waals surface area contributed by atoms with E-state index in [9.17, 15) is 11.9 Å². The molecule has 0 saturated carbocycles. The molecule has 0 bridgehead atoms. The standard InChI is InChI=1S/C65H67N3O.Pt/c1-40(2)49-36-55(41(3)4)62(69)58(37-49)63(66)68(61-32-43(6)56(46-18-15-14-16-19-46)39-57(61)47-26-28-52(29-27-47)64(8,9)10)60-21-17-20-54(44(60)7)50-33-51(35-53(34-50)65(11,12)13)59-38-48(30-31-67-59)45-24-22-42(5)23-25-45;/h14-32,34-41,69H,1-13H3;/q-2;+2/i5D3,6D3,22D,23D,24D,25D,30D,31D,38D;. The first-order valence-electron chi connectivity index (χ1n) is 29.9. The summed E-state index contributed by atoms with van der Waals surface area (Å²) >= 11 is 0. The minimum atomic E-state index is -3.01. The number of hydrogen-bond donors (Lipinski definition) is 1. The Balaban J connectivity index is 0.00000990. The van der Waals surface area contributed by atoms with E-state index in [1.807, 2.05) is 134 Å². The summed E-state index contributed by atoms with van der Waals surface area (Å²) in [5.74, 6) is -0.727. The molecule has 358 valence electrons. The van der Waals surface area contributed by atoms with Crippen LogP contribution < -0.4 is 4.90 Å². The number of hydrogen-bond acceptors (Lipinski definition) is 2. The molecule has 0 atom stereocenters. The maximum Gasteiger partial charge on any atom is 2.00 e. The number of anilines is 2. The largest absolute Gasteiger partial charge is 2.00 e. The third kappa shape index (κ3) is 10.7. The van der Waals surface area contributed by atoms with Gasteiger partial charge in [0.2, 0.25) is 0 Å². The zero-order valence-corrected chi connectivity index (χ0v) is 43.9. The number of aryl methyl sites for hydroxylation is 1. The average molecular weight is 1110 g/mol. The van der Waals surface area contributed by atoms with Crippen LogP contribution in [0.5, 0.6) is 5.75 Å². The predicted molar refractivity (Wildman–Crippen MR) is 294 cm³/mol. The molecular weight excluding hydrogens is 1030 g/mol. The molecule has 0 aliphatic carbocycles. The molecule has 1 N–H and O–H groups in total. The predicted octanol–water partition coefficient (Wildman–Crippen LogP) is 17.8. The Kier molecular flexibility index (Phi) is 10.7. The third-order valence-corrected chi connectivity index (χ3v) is 12.7. The smallest absolute Gasteiger partial charge is 0.507 e. The number of phenols is 1. The molecule has 0 amide bonds. The van der Waals surface area contributed by atoms with Crippen molar-refractivity contribution < 1.29 is 44.0 Å². The van der Waals surface area contributed by atoms with Crippen LogP contribution in [-0.2, 0) is 31.9 Å². The summed E-state index contributed by atoms with van der Waals surface area (Å²) in [5.41, 5.74) is 5.50. The number of benzene rings is 7. The zero-order valence-electron chi connectivity index (χ0n) is 54.7. The van der Waals surface area contributed by atoms with Gasteiger partial charge in [0.1, 0.15) is 5.75 Å². The first kappa shape index (κ1) is 36.6. The van der Waals surface area contributed by atoms with Crippen molar-refractivity contribution in [1.29, 1.82) is 0 Å². The van der Waals surface area contributed by atoms with E-state index in [0.29, 0.717) is 44.6 Å². The van der Waals surface area contributed by atoms with E-state index in [-0.39, 0.29) is 78.0 Å². The second-order valence-corrected chi connectivity index (χ2v) is 20.4. The van der Waals surface area contributed by atoms with Crippen molar-refractivity contribution in [2.75, 3.05) is 4.90 Å². The molecule has 1 heterocycles. The second kappa shape index (κ2) is 20.5. The van der Waals surface area contributed by atoms with Gasteiger partial charge >= 0.3 is 21.1 Å². The van der Waals surface area contributed by atoms with Crippen LogP contribution in [-0.4, -0.2) is 15.9 Å². The molecule has 8 aromatic rings. The maximum atomic E-state index is 13.4. The molecule has 0 aliphatic rings. The molecule has 0 aliphatic heterocycles. The van der Waals surface area contributed by atoms with E-state index in [2.05, 4.69) is 31.8 Å². The normalized spacial score (nSPS) is 14.8. The van der Waals surface area contributed by atoms with Crippen molar-refractivity contribution in [2.45, 2.75) is 113 Å². The van der Waals surface area contributed by atoms with Crippen molar-refractivity contribution >= 4 is 17.2 Å². The molecule has 4 nitrogen and oxygen atoms in total. The van der Waals surface area contributed by atoms with Crippen LogP contribution in [0.15, 0.2) is 152 Å². The van der Waals surface area contributed by atoms with Gasteiger partial charge in [-0.2, -0.15) is 0 Å². The summed E-state index contributed by atoms with van der Waals surface area (Å²) < 4.78 is 114. The fraction of sp³-hybridized carbons (Fsp3) is 0.262. The van der Waals surface area contributed by atoms with Gasteiger partial charge < -0.3 is 15.4 Å². The molecule has 8 rings (SSSR count). The van der Waals surface area contributed by atoms with Gasteiger partial charge in [0.05, 0.1) is 9.60 Å². The summed E-state index contributed by atoms with van der Waals surface area (Å²) in [7, 11) is 0. The van der Waals surface area contributed by atoms with Crippen molar-refractivity contribution in [3.63, 3.8) is 0 Å². The summed E-state index contributed by atoms with van der Waals surface area (Å²) in [6, 6.07) is 32.5. The van der Waals surface area contributed by atoms with E-state index in [0.717, 1.165) is 22.3 Å². The van der Waals surface area contributed by atoms with Crippen LogP contribution in [0.4, 0.5) is 11.4 Å². The number of pyridine rings is 1. The monoisotopic (exact) mass is 1110 g/mol. The SMILES string of the molecule is [2H]c1nc(-c2[c-]c(-c3cccc(N(C(=[N-])c4cc(C(C)C)cc(C(C)C)c4O)c4cc(C([2H])([2H])[2H])c(-c5ccccc5)cc4-c4ccc(C(C)(C)C)cc4)c3C)cc(C(C)(C)C)c2)c([2H])c(-c2c([2H])c([2H])c(C([2H])([2H])[2H])c([2H])c2[2H])c1[2H].[Pt+2]. The number of aromatic hydroxyl groups is 1. The average Bonchev–Trinajstić information content (AvgIpc) is 2.26. The minimum absolute atomic E-state index is 0. The Morgan fingerprint density at radius 1 is 0.657 bits per heavy atom. The van der Waals surface area contributed by atoms with Gasteiger partial charge in [-0.05, 0) is 134 Å². The zero-order chi connectivity index (χ0) is 60.6. The molecule has 1 aromatic heterocycles. The Morgan fingerprint density at radius 3 is 1.96 bits per heavy atom. The van der Waals surface area contributed by atoms with Crippen LogP contribution in [0.1, 0.15) is 143 Å². The van der Waals surface area contributed by atoms with Crippen LogP contribution in [0.25, 0.3) is 61.2 Å². The number of aromatic nitrogens is 1. The van der Waals surface area contributed by atoms with Gasteiger partial charge in [0, 0.05) is 25.7 Å². The molecule has 0 radical (unpaired) electrons. The molecule has 7 aromatic carbocycles. The summed E-state index contributed by atoms with van der Waals surface area (Å²) in [6.07, 6.45) is -0.641. The number of rotatable bonds is 10. The molecule has 70 heavy (non-hydrogen) atoms. The Bertz CT molecular complexity index is 3790. The van der Waals surface area contributed by atoms with Crippen LogP contribution >= 0.6 is 0 Å². The van der Waals surface area contributed by atoms with Gasteiger partial charge in [0.15, 0.2) is 0 Å². The van der Waals surface area contributed by atoms with Gasteiger partial charge in [0.25, 0.3) is 0 Å². The summed E-state index contributed by atoms with van der Waals surface area (Å²) in [6.45, 7) is 16.4. The number of phenolic OH excluding ortho intramolecular Hbond substituents is 1. The first-order valence-corrected chi connectivity index (χ1v) is 23.4. The molecule has 5 heteroatoms. The molecule has 0 spiro atoms. The quantitative estimate of drug-likeness (QED) is 0.0843. The number of nitrogens with zero attached hydrogens (tertiary/aromatic N) is 3. The van der Waals surface area contributed by atoms with Gasteiger partial charge in [-0.3, -0.25) is 4.98 Å².